The minimum atomic E-state index is -3.74. The summed E-state index contributed by atoms with van der Waals surface area (Å²) < 4.78 is 32.2. The smallest absolute Gasteiger partial charge is 0.241 e. The maximum atomic E-state index is 12.4. The molecule has 0 aliphatic heterocycles. The number of rotatable bonds is 6. The van der Waals surface area contributed by atoms with Crippen LogP contribution in [0.15, 0.2) is 59.5 Å². The van der Waals surface area contributed by atoms with Gasteiger partial charge in [0.05, 0.1) is 24.7 Å². The largest absolute Gasteiger partial charge is 0.497 e. The van der Waals surface area contributed by atoms with E-state index in [9.17, 15) is 13.5 Å². The van der Waals surface area contributed by atoms with Crippen molar-refractivity contribution in [1.29, 1.82) is 0 Å². The van der Waals surface area contributed by atoms with Gasteiger partial charge in [-0.25, -0.2) is 13.1 Å². The van der Waals surface area contributed by atoms with Gasteiger partial charge in [0.15, 0.2) is 0 Å². The number of sulfonamides is 1. The van der Waals surface area contributed by atoms with Crippen molar-refractivity contribution in [2.75, 3.05) is 13.7 Å². The number of benzene rings is 2. The molecule has 2 N–H and O–H groups in total. The Labute approximate surface area is 124 Å². The lowest BCUT2D eigenvalue weighted by atomic mass is 10.1. The molecule has 0 radical (unpaired) electrons. The number of aliphatic hydroxyl groups is 1. The van der Waals surface area contributed by atoms with Crippen LogP contribution in [-0.2, 0) is 10.0 Å². The second-order valence-corrected chi connectivity index (χ2v) is 6.16. The predicted molar refractivity (Wildman–Crippen MR) is 79.6 cm³/mol. The molecule has 0 fully saturated rings. The van der Waals surface area contributed by atoms with E-state index >= 15 is 0 Å². The molecule has 0 aromatic heterocycles. The van der Waals surface area contributed by atoms with Crippen LogP contribution in [0.3, 0.4) is 0 Å². The van der Waals surface area contributed by atoms with Crippen molar-refractivity contribution in [3.63, 3.8) is 0 Å². The Morgan fingerprint density at radius 2 is 1.86 bits per heavy atom. The maximum absolute atomic E-state index is 12.4. The Morgan fingerprint density at radius 1 is 1.14 bits per heavy atom. The summed E-state index contributed by atoms with van der Waals surface area (Å²) in [7, 11) is -2.27. The van der Waals surface area contributed by atoms with Gasteiger partial charge in [-0.2, -0.15) is 0 Å². The summed E-state index contributed by atoms with van der Waals surface area (Å²) in [5, 5.41) is 9.44. The van der Waals surface area contributed by atoms with Gasteiger partial charge in [-0.1, -0.05) is 36.4 Å². The Balaban J connectivity index is 2.27. The monoisotopic (exact) mass is 307 g/mol. The fourth-order valence-corrected chi connectivity index (χ4v) is 3.17. The van der Waals surface area contributed by atoms with Crippen LogP contribution in [0, 0.1) is 0 Å². The number of hydrogen-bond acceptors (Lipinski definition) is 4. The van der Waals surface area contributed by atoms with E-state index in [4.69, 9.17) is 4.74 Å². The number of nitrogens with one attached hydrogen (secondary N) is 1. The van der Waals surface area contributed by atoms with E-state index in [1.807, 2.05) is 6.07 Å². The van der Waals surface area contributed by atoms with Crippen molar-refractivity contribution in [3.8, 4) is 5.75 Å². The van der Waals surface area contributed by atoms with E-state index in [1.54, 1.807) is 36.4 Å². The molecule has 0 saturated carbocycles. The summed E-state index contributed by atoms with van der Waals surface area (Å²) in [4.78, 5) is 0.0937. The van der Waals surface area contributed by atoms with Crippen LogP contribution >= 0.6 is 0 Å². The molecule has 2 rings (SSSR count). The number of aliphatic hydroxyl groups excluding tert-OH is 1. The van der Waals surface area contributed by atoms with Gasteiger partial charge >= 0.3 is 0 Å². The van der Waals surface area contributed by atoms with Crippen molar-refractivity contribution in [1.82, 2.24) is 4.72 Å². The minimum Gasteiger partial charge on any atom is -0.497 e. The van der Waals surface area contributed by atoms with Crippen molar-refractivity contribution in [2.24, 2.45) is 0 Å². The Hall–Kier alpha value is -1.89. The molecule has 0 aliphatic carbocycles. The van der Waals surface area contributed by atoms with Crippen LogP contribution in [-0.4, -0.2) is 27.2 Å². The zero-order valence-electron chi connectivity index (χ0n) is 11.6. The maximum Gasteiger partial charge on any atom is 0.241 e. The minimum absolute atomic E-state index is 0.0937. The molecule has 21 heavy (non-hydrogen) atoms. The van der Waals surface area contributed by atoms with Crippen molar-refractivity contribution in [3.05, 3.63) is 60.2 Å². The molecular weight excluding hydrogens is 290 g/mol. The zero-order chi connectivity index (χ0) is 15.3. The molecule has 5 nitrogen and oxygen atoms in total. The molecular formula is C15H17NO4S. The topological polar surface area (TPSA) is 75.6 Å². The van der Waals surface area contributed by atoms with Crippen LogP contribution < -0.4 is 9.46 Å². The van der Waals surface area contributed by atoms with Gasteiger partial charge in [-0.3, -0.25) is 0 Å². The number of hydrogen-bond donors (Lipinski definition) is 2. The summed E-state index contributed by atoms with van der Waals surface area (Å²) in [5.74, 6) is 0.457. The summed E-state index contributed by atoms with van der Waals surface area (Å²) in [6.07, 6.45) is 0. The van der Waals surface area contributed by atoms with E-state index in [1.165, 1.54) is 19.2 Å². The van der Waals surface area contributed by atoms with Gasteiger partial charge in [-0.05, 0) is 17.7 Å². The average molecular weight is 307 g/mol. The predicted octanol–water partition coefficient (Wildman–Crippen LogP) is 1.71. The highest BCUT2D eigenvalue weighted by molar-refractivity contribution is 7.89. The van der Waals surface area contributed by atoms with E-state index in [0.29, 0.717) is 11.3 Å². The third kappa shape index (κ3) is 3.81. The molecule has 1 unspecified atom stereocenters. The summed E-state index contributed by atoms with van der Waals surface area (Å²) in [5.41, 5.74) is 0.700. The second-order valence-electron chi connectivity index (χ2n) is 4.45. The standard InChI is InChI=1S/C15H17NO4S/c1-20-13-8-5-9-14(10-13)21(18,19)16-15(11-17)12-6-3-2-4-7-12/h2-10,15-17H,11H2,1H3. The van der Waals surface area contributed by atoms with Gasteiger partial charge in [0.25, 0.3) is 0 Å². The molecule has 112 valence electrons. The lowest BCUT2D eigenvalue weighted by molar-refractivity contribution is 0.259. The molecule has 0 spiro atoms. The van der Waals surface area contributed by atoms with Crippen LogP contribution in [0.5, 0.6) is 5.75 Å². The number of ether oxygens (including phenoxy) is 1. The van der Waals surface area contributed by atoms with Crippen LogP contribution in [0.2, 0.25) is 0 Å². The highest BCUT2D eigenvalue weighted by Gasteiger charge is 2.21. The molecule has 0 aliphatic rings. The number of methoxy groups -OCH3 is 1. The first-order valence-electron chi connectivity index (χ1n) is 6.39. The third-order valence-corrected chi connectivity index (χ3v) is 4.50. The quantitative estimate of drug-likeness (QED) is 0.852. The second kappa shape index (κ2) is 6.71. The SMILES string of the molecule is COc1cccc(S(=O)(=O)NC(CO)c2ccccc2)c1. The molecule has 6 heteroatoms. The van der Waals surface area contributed by atoms with E-state index in [0.717, 1.165) is 0 Å². The molecule has 0 heterocycles. The van der Waals surface area contributed by atoms with E-state index in [-0.39, 0.29) is 11.5 Å². The lowest BCUT2D eigenvalue weighted by Crippen LogP contribution is -2.30. The summed E-state index contributed by atoms with van der Waals surface area (Å²) in [6.45, 7) is -0.326. The van der Waals surface area contributed by atoms with Gasteiger partial charge in [0.2, 0.25) is 10.0 Å². The van der Waals surface area contributed by atoms with E-state index < -0.39 is 16.1 Å². The average Bonchev–Trinajstić information content (AvgIpc) is 2.53. The van der Waals surface area contributed by atoms with Gasteiger partial charge in [0, 0.05) is 6.07 Å². The Morgan fingerprint density at radius 3 is 2.48 bits per heavy atom. The van der Waals surface area contributed by atoms with E-state index in [2.05, 4.69) is 4.72 Å². The summed E-state index contributed by atoms with van der Waals surface area (Å²) >= 11 is 0. The molecule has 2 aromatic rings. The van der Waals surface area contributed by atoms with Crippen LogP contribution in [0.25, 0.3) is 0 Å². The first kappa shape index (κ1) is 15.5. The molecule has 1 atom stereocenters. The fourth-order valence-electron chi connectivity index (χ4n) is 1.92. The third-order valence-electron chi connectivity index (χ3n) is 3.03. The Bertz CT molecular complexity index is 686. The van der Waals surface area contributed by atoms with Crippen LogP contribution in [0.1, 0.15) is 11.6 Å². The van der Waals surface area contributed by atoms with Crippen molar-refractivity contribution in [2.45, 2.75) is 10.9 Å². The van der Waals surface area contributed by atoms with Crippen molar-refractivity contribution >= 4 is 10.0 Å². The summed E-state index contributed by atoms with van der Waals surface area (Å²) in [6, 6.07) is 14.4. The normalized spacial score (nSPS) is 12.9. The molecule has 0 bridgehead atoms. The van der Waals surface area contributed by atoms with Gasteiger partial charge in [0.1, 0.15) is 5.75 Å². The Kier molecular flexibility index (Phi) is 4.95. The first-order chi connectivity index (χ1) is 10.1. The first-order valence-corrected chi connectivity index (χ1v) is 7.87. The fraction of sp³-hybridized carbons (Fsp3) is 0.200. The zero-order valence-corrected chi connectivity index (χ0v) is 12.4. The van der Waals surface area contributed by atoms with Crippen molar-refractivity contribution < 1.29 is 18.3 Å². The highest BCUT2D eigenvalue weighted by atomic mass is 32.2. The molecule has 2 aromatic carbocycles. The van der Waals surface area contributed by atoms with Gasteiger partial charge < -0.3 is 9.84 Å². The molecule has 0 saturated heterocycles. The van der Waals surface area contributed by atoms with Crippen LogP contribution in [0.4, 0.5) is 0 Å². The lowest BCUT2D eigenvalue weighted by Gasteiger charge is -2.17. The highest BCUT2D eigenvalue weighted by Crippen LogP contribution is 2.20. The molecule has 0 amide bonds. The van der Waals surface area contributed by atoms with Gasteiger partial charge in [-0.15, -0.1) is 0 Å².